The normalized spacial score (nSPS) is 14.8. The molecule has 0 radical (unpaired) electrons. The third-order valence-corrected chi connectivity index (χ3v) is 5.40. The van der Waals surface area contributed by atoms with E-state index in [1.807, 2.05) is 57.0 Å². The summed E-state index contributed by atoms with van der Waals surface area (Å²) in [6.45, 7) is 2.82. The van der Waals surface area contributed by atoms with Crippen molar-refractivity contribution >= 4 is 23.5 Å². The van der Waals surface area contributed by atoms with Crippen LogP contribution in [0.4, 0.5) is 0 Å². The van der Waals surface area contributed by atoms with Crippen LogP contribution in [0.15, 0.2) is 66.3 Å². The molecule has 1 N–H and O–H groups in total. The maximum atomic E-state index is 12.7. The van der Waals surface area contributed by atoms with Crippen molar-refractivity contribution in [3.63, 3.8) is 0 Å². The zero-order chi connectivity index (χ0) is 21.6. The molecule has 1 aromatic carbocycles. The first-order chi connectivity index (χ1) is 15.1. The van der Waals surface area contributed by atoms with E-state index < -0.39 is 0 Å². The van der Waals surface area contributed by atoms with E-state index in [0.717, 1.165) is 23.5 Å². The van der Waals surface area contributed by atoms with Gasteiger partial charge >= 0.3 is 0 Å². The third kappa shape index (κ3) is 5.21. The largest absolute Gasteiger partial charge is 0.352 e. The molecule has 1 aliphatic heterocycles. The number of aromatic nitrogens is 3. The van der Waals surface area contributed by atoms with Crippen LogP contribution in [0.3, 0.4) is 0 Å². The van der Waals surface area contributed by atoms with E-state index in [4.69, 9.17) is 11.6 Å². The van der Waals surface area contributed by atoms with Gasteiger partial charge in [-0.25, -0.2) is 9.97 Å². The van der Waals surface area contributed by atoms with Crippen molar-refractivity contribution in [1.29, 1.82) is 0 Å². The molecule has 3 aromatic rings. The van der Waals surface area contributed by atoms with Gasteiger partial charge in [-0.05, 0) is 35.4 Å². The highest BCUT2D eigenvalue weighted by Crippen LogP contribution is 2.14. The van der Waals surface area contributed by atoms with Crippen LogP contribution in [0.1, 0.15) is 11.1 Å². The molecule has 0 atom stereocenters. The Morgan fingerprint density at radius 3 is 2.71 bits per heavy atom. The Morgan fingerprint density at radius 1 is 1.16 bits per heavy atom. The van der Waals surface area contributed by atoms with E-state index in [9.17, 15) is 4.79 Å². The number of hydrogen-bond donors (Lipinski definition) is 1. The Labute approximate surface area is 186 Å². The minimum absolute atomic E-state index is 0.0791. The number of imidazole rings is 1. The number of carbonyl (C=O) groups excluding carboxylic acids is 1. The molecule has 0 spiro atoms. The zero-order valence-corrected chi connectivity index (χ0v) is 18.0. The lowest BCUT2D eigenvalue weighted by atomic mass is 10.2. The van der Waals surface area contributed by atoms with Crippen molar-refractivity contribution in [2.75, 3.05) is 26.7 Å². The molecule has 160 valence electrons. The van der Waals surface area contributed by atoms with Crippen LogP contribution in [-0.2, 0) is 17.9 Å². The zero-order valence-electron chi connectivity index (χ0n) is 17.3. The fourth-order valence-corrected chi connectivity index (χ4v) is 3.61. The first-order valence-electron chi connectivity index (χ1n) is 10.0. The van der Waals surface area contributed by atoms with Gasteiger partial charge in [0.15, 0.2) is 5.96 Å². The lowest BCUT2D eigenvalue weighted by molar-refractivity contribution is -0.135. The Morgan fingerprint density at radius 2 is 2.00 bits per heavy atom. The Kier molecular flexibility index (Phi) is 6.47. The molecule has 3 heterocycles. The van der Waals surface area contributed by atoms with E-state index in [2.05, 4.69) is 20.3 Å². The van der Waals surface area contributed by atoms with E-state index in [1.54, 1.807) is 25.8 Å². The number of carbonyl (C=O) groups is 1. The summed E-state index contributed by atoms with van der Waals surface area (Å²) >= 11 is 5.95. The monoisotopic (exact) mass is 437 g/mol. The highest BCUT2D eigenvalue weighted by Gasteiger charge is 2.25. The second-order valence-electron chi connectivity index (χ2n) is 7.26. The number of hydrogen-bond acceptors (Lipinski definition) is 4. The number of rotatable bonds is 5. The van der Waals surface area contributed by atoms with Gasteiger partial charge in [-0.3, -0.25) is 14.4 Å². The van der Waals surface area contributed by atoms with Crippen molar-refractivity contribution in [1.82, 2.24) is 29.7 Å². The fourth-order valence-electron chi connectivity index (χ4n) is 3.49. The summed E-state index contributed by atoms with van der Waals surface area (Å²) in [6.07, 6.45) is 7.06. The Hall–Kier alpha value is -3.39. The number of nitrogens with zero attached hydrogens (tertiary/aromatic N) is 6. The van der Waals surface area contributed by atoms with Crippen LogP contribution >= 0.6 is 11.6 Å². The van der Waals surface area contributed by atoms with Crippen molar-refractivity contribution < 1.29 is 4.79 Å². The highest BCUT2D eigenvalue weighted by molar-refractivity contribution is 6.30. The maximum absolute atomic E-state index is 12.7. The van der Waals surface area contributed by atoms with Gasteiger partial charge in [0.1, 0.15) is 12.1 Å². The Balaban J connectivity index is 1.33. The van der Waals surface area contributed by atoms with Gasteiger partial charge < -0.3 is 15.1 Å². The number of piperazine rings is 1. The van der Waals surface area contributed by atoms with Crippen LogP contribution in [0.2, 0.25) is 5.02 Å². The summed E-state index contributed by atoms with van der Waals surface area (Å²) in [7, 11) is 1.73. The fraction of sp³-hybridized carbons (Fsp3) is 0.273. The molecule has 8 nitrogen and oxygen atoms in total. The topological polar surface area (TPSA) is 78.7 Å². The van der Waals surface area contributed by atoms with Crippen molar-refractivity contribution in [2.45, 2.75) is 13.1 Å². The number of amides is 1. The van der Waals surface area contributed by atoms with Crippen LogP contribution < -0.4 is 5.32 Å². The SMILES string of the molecule is CN=C(NCc1ccnc(-n2ccnc2)c1)N1CCN(Cc2ccc(Cl)cc2)C(=O)C1. The molecular formula is C22H24ClN7O. The van der Waals surface area contributed by atoms with E-state index in [1.165, 1.54) is 0 Å². The molecule has 0 aliphatic carbocycles. The Bertz CT molecular complexity index is 1050. The minimum Gasteiger partial charge on any atom is -0.352 e. The summed E-state index contributed by atoms with van der Waals surface area (Å²) in [4.78, 5) is 29.4. The summed E-state index contributed by atoms with van der Waals surface area (Å²) in [6, 6.07) is 11.6. The first-order valence-corrected chi connectivity index (χ1v) is 10.4. The molecule has 1 amide bonds. The lowest BCUT2D eigenvalue weighted by Crippen LogP contribution is -2.54. The molecule has 4 rings (SSSR count). The number of pyridine rings is 1. The minimum atomic E-state index is 0.0791. The van der Waals surface area contributed by atoms with Crippen LogP contribution in [0.5, 0.6) is 0 Å². The first kappa shape index (κ1) is 20.9. The maximum Gasteiger partial charge on any atom is 0.242 e. The van der Waals surface area contributed by atoms with Gasteiger partial charge in [0.25, 0.3) is 0 Å². The molecule has 2 aromatic heterocycles. The average Bonchev–Trinajstić information content (AvgIpc) is 3.33. The highest BCUT2D eigenvalue weighted by atomic mass is 35.5. The van der Waals surface area contributed by atoms with Crippen molar-refractivity contribution in [2.24, 2.45) is 4.99 Å². The molecule has 0 saturated carbocycles. The predicted molar refractivity (Wildman–Crippen MR) is 120 cm³/mol. The molecule has 1 aliphatic rings. The molecule has 0 unspecified atom stereocenters. The number of halogens is 1. The molecule has 9 heteroatoms. The van der Waals surface area contributed by atoms with Crippen LogP contribution in [0, 0.1) is 0 Å². The van der Waals surface area contributed by atoms with Gasteiger partial charge in [0.2, 0.25) is 5.91 Å². The van der Waals surface area contributed by atoms with Crippen molar-refractivity contribution in [3.05, 3.63) is 77.5 Å². The van der Waals surface area contributed by atoms with Gasteiger partial charge in [-0.1, -0.05) is 23.7 Å². The lowest BCUT2D eigenvalue weighted by Gasteiger charge is -2.36. The third-order valence-electron chi connectivity index (χ3n) is 5.15. The van der Waals surface area contributed by atoms with Gasteiger partial charge in [0.05, 0.1) is 6.54 Å². The summed E-state index contributed by atoms with van der Waals surface area (Å²) in [5.41, 5.74) is 2.13. The van der Waals surface area contributed by atoms with Gasteiger partial charge in [-0.15, -0.1) is 0 Å². The molecule has 0 bridgehead atoms. The summed E-state index contributed by atoms with van der Waals surface area (Å²) in [5.74, 6) is 1.59. The predicted octanol–water partition coefficient (Wildman–Crippen LogP) is 2.34. The van der Waals surface area contributed by atoms with Crippen LogP contribution in [-0.4, -0.2) is 62.9 Å². The second kappa shape index (κ2) is 9.61. The standard InChI is InChI=1S/C22H24ClN7O/c1-24-22(27-13-18-6-7-26-20(12-18)30-9-8-25-16-30)29-11-10-28(21(31)15-29)14-17-2-4-19(23)5-3-17/h2-9,12,16H,10-11,13-15H2,1H3,(H,24,27). The van der Waals surface area contributed by atoms with E-state index in [-0.39, 0.29) is 5.91 Å². The number of nitrogens with one attached hydrogen (secondary N) is 1. The van der Waals surface area contributed by atoms with E-state index >= 15 is 0 Å². The summed E-state index contributed by atoms with van der Waals surface area (Å²) < 4.78 is 1.86. The molecule has 1 saturated heterocycles. The number of benzene rings is 1. The van der Waals surface area contributed by atoms with Gasteiger partial charge in [-0.2, -0.15) is 0 Å². The molecule has 31 heavy (non-hydrogen) atoms. The smallest absolute Gasteiger partial charge is 0.242 e. The van der Waals surface area contributed by atoms with Crippen LogP contribution in [0.25, 0.3) is 5.82 Å². The average molecular weight is 438 g/mol. The second-order valence-corrected chi connectivity index (χ2v) is 7.69. The molecular weight excluding hydrogens is 414 g/mol. The quantitative estimate of drug-likeness (QED) is 0.489. The van der Waals surface area contributed by atoms with Gasteiger partial charge in [0, 0.05) is 56.8 Å². The van der Waals surface area contributed by atoms with E-state index in [0.29, 0.717) is 37.2 Å². The molecule has 1 fully saturated rings. The number of guanidine groups is 1. The van der Waals surface area contributed by atoms with Crippen molar-refractivity contribution in [3.8, 4) is 5.82 Å². The summed E-state index contributed by atoms with van der Waals surface area (Å²) in [5, 5.41) is 4.05. The number of aliphatic imine (C=N–C) groups is 1.